The van der Waals surface area contributed by atoms with Crippen molar-refractivity contribution in [3.63, 3.8) is 0 Å². The lowest BCUT2D eigenvalue weighted by Gasteiger charge is -2.04. The molecule has 0 atom stereocenters. The van der Waals surface area contributed by atoms with Crippen LogP contribution in [0.1, 0.15) is 148 Å². The SMILES string of the molecule is CCCCCCCCCCCCCCCCCCCCCCCC=C(O)C(=O)O. The van der Waals surface area contributed by atoms with Gasteiger partial charge in [0.2, 0.25) is 0 Å². The minimum Gasteiger partial charge on any atom is -0.502 e. The van der Waals surface area contributed by atoms with Crippen molar-refractivity contribution in [1.82, 2.24) is 0 Å². The molecule has 0 aromatic rings. The van der Waals surface area contributed by atoms with E-state index in [0.717, 1.165) is 12.8 Å². The topological polar surface area (TPSA) is 57.5 Å². The van der Waals surface area contributed by atoms with Crippen LogP contribution in [0.5, 0.6) is 0 Å². The molecular formula is C26H50O3. The van der Waals surface area contributed by atoms with Gasteiger partial charge in [0.05, 0.1) is 0 Å². The molecule has 172 valence electrons. The number of hydrogen-bond donors (Lipinski definition) is 2. The molecule has 0 aliphatic carbocycles. The van der Waals surface area contributed by atoms with E-state index in [1.165, 1.54) is 128 Å². The van der Waals surface area contributed by atoms with Gasteiger partial charge >= 0.3 is 5.97 Å². The summed E-state index contributed by atoms with van der Waals surface area (Å²) in [7, 11) is 0. The number of unbranched alkanes of at least 4 members (excludes halogenated alkanes) is 21. The summed E-state index contributed by atoms with van der Waals surface area (Å²) in [6.07, 6.45) is 30.8. The van der Waals surface area contributed by atoms with Gasteiger partial charge in [-0.25, -0.2) is 4.79 Å². The van der Waals surface area contributed by atoms with Crippen LogP contribution in [0.4, 0.5) is 0 Å². The maximum Gasteiger partial charge on any atom is 0.370 e. The number of carboxylic acid groups (broad SMARTS) is 1. The van der Waals surface area contributed by atoms with Gasteiger partial charge < -0.3 is 10.2 Å². The number of carbonyl (C=O) groups is 1. The molecule has 3 heteroatoms. The van der Waals surface area contributed by atoms with Crippen LogP contribution in [0.15, 0.2) is 11.8 Å². The van der Waals surface area contributed by atoms with Gasteiger partial charge in [0.25, 0.3) is 0 Å². The molecule has 0 amide bonds. The van der Waals surface area contributed by atoms with E-state index in [1.54, 1.807) is 0 Å². The lowest BCUT2D eigenvalue weighted by atomic mass is 10.0. The number of aliphatic hydroxyl groups is 1. The Morgan fingerprint density at radius 3 is 1.07 bits per heavy atom. The Morgan fingerprint density at radius 2 is 0.793 bits per heavy atom. The second-order valence-electron chi connectivity index (χ2n) is 8.75. The molecule has 0 unspecified atom stereocenters. The summed E-state index contributed by atoms with van der Waals surface area (Å²) in [6, 6.07) is 0. The molecule has 0 spiro atoms. The highest BCUT2D eigenvalue weighted by Crippen LogP contribution is 2.15. The van der Waals surface area contributed by atoms with Crippen LogP contribution in [-0.2, 0) is 4.79 Å². The average molecular weight is 411 g/mol. The van der Waals surface area contributed by atoms with E-state index >= 15 is 0 Å². The molecule has 0 fully saturated rings. The number of hydrogen-bond acceptors (Lipinski definition) is 2. The summed E-state index contributed by atoms with van der Waals surface area (Å²) in [4.78, 5) is 10.4. The minimum absolute atomic E-state index is 0.516. The summed E-state index contributed by atoms with van der Waals surface area (Å²) in [5, 5.41) is 17.6. The van der Waals surface area contributed by atoms with Crippen molar-refractivity contribution in [3.05, 3.63) is 11.8 Å². The van der Waals surface area contributed by atoms with Crippen molar-refractivity contribution in [3.8, 4) is 0 Å². The highest BCUT2D eigenvalue weighted by atomic mass is 16.4. The standard InChI is InChI=1S/C26H50O3/c1-2-3-4-5-6-7-8-9-10-11-12-13-14-15-16-17-18-19-20-21-22-23-24-25(27)26(28)29/h24,27H,2-23H2,1H3,(H,28,29). The van der Waals surface area contributed by atoms with Crippen LogP contribution in [0, 0.1) is 0 Å². The molecule has 29 heavy (non-hydrogen) atoms. The lowest BCUT2D eigenvalue weighted by molar-refractivity contribution is -0.135. The van der Waals surface area contributed by atoms with Crippen LogP contribution in [0.3, 0.4) is 0 Å². The quantitative estimate of drug-likeness (QED) is 0.100. The van der Waals surface area contributed by atoms with Gasteiger partial charge in [-0.15, -0.1) is 0 Å². The maximum atomic E-state index is 10.4. The van der Waals surface area contributed by atoms with Gasteiger partial charge in [0, 0.05) is 0 Å². The van der Waals surface area contributed by atoms with Crippen molar-refractivity contribution >= 4 is 5.97 Å². The highest BCUT2D eigenvalue weighted by Gasteiger charge is 2.01. The van der Waals surface area contributed by atoms with Gasteiger partial charge in [0.15, 0.2) is 5.76 Å². The van der Waals surface area contributed by atoms with Gasteiger partial charge in [-0.3, -0.25) is 0 Å². The fourth-order valence-electron chi connectivity index (χ4n) is 3.90. The summed E-state index contributed by atoms with van der Waals surface area (Å²) < 4.78 is 0. The molecule has 0 rings (SSSR count). The zero-order valence-electron chi connectivity index (χ0n) is 19.4. The Bertz CT molecular complexity index is 376. The first-order valence-electron chi connectivity index (χ1n) is 12.8. The molecule has 0 heterocycles. The monoisotopic (exact) mass is 410 g/mol. The summed E-state index contributed by atoms with van der Waals surface area (Å²) in [6.45, 7) is 2.28. The Balaban J connectivity index is 3.08. The molecule has 0 bridgehead atoms. The van der Waals surface area contributed by atoms with Crippen molar-refractivity contribution in [1.29, 1.82) is 0 Å². The zero-order valence-corrected chi connectivity index (χ0v) is 19.4. The first-order valence-corrected chi connectivity index (χ1v) is 12.8. The molecule has 0 aliphatic rings. The molecule has 0 aromatic carbocycles. The third-order valence-electron chi connectivity index (χ3n) is 5.86. The van der Waals surface area contributed by atoms with Gasteiger partial charge in [0.1, 0.15) is 0 Å². The first kappa shape index (κ1) is 28.0. The second kappa shape index (κ2) is 23.3. The minimum atomic E-state index is -1.23. The lowest BCUT2D eigenvalue weighted by Crippen LogP contribution is -1.98. The van der Waals surface area contributed by atoms with Crippen LogP contribution in [0.2, 0.25) is 0 Å². The molecule has 0 radical (unpaired) electrons. The van der Waals surface area contributed by atoms with E-state index in [4.69, 9.17) is 10.2 Å². The third-order valence-corrected chi connectivity index (χ3v) is 5.86. The molecule has 2 N–H and O–H groups in total. The van der Waals surface area contributed by atoms with Gasteiger partial charge in [-0.2, -0.15) is 0 Å². The van der Waals surface area contributed by atoms with E-state index < -0.39 is 11.7 Å². The van der Waals surface area contributed by atoms with E-state index in [9.17, 15) is 4.79 Å². The number of allylic oxidation sites excluding steroid dienone is 1. The second-order valence-corrected chi connectivity index (χ2v) is 8.75. The predicted molar refractivity (Wildman–Crippen MR) is 126 cm³/mol. The van der Waals surface area contributed by atoms with E-state index in [1.807, 2.05) is 0 Å². The Kier molecular flexibility index (Phi) is 22.5. The Hall–Kier alpha value is -0.990. The van der Waals surface area contributed by atoms with E-state index in [-0.39, 0.29) is 0 Å². The van der Waals surface area contributed by atoms with Crippen molar-refractivity contribution < 1.29 is 15.0 Å². The summed E-state index contributed by atoms with van der Waals surface area (Å²) >= 11 is 0. The fraction of sp³-hybridized carbons (Fsp3) is 0.885. The molecule has 3 nitrogen and oxygen atoms in total. The number of aliphatic carboxylic acids is 1. The normalized spacial score (nSPS) is 11.8. The smallest absolute Gasteiger partial charge is 0.370 e. The number of carboxylic acids is 1. The Morgan fingerprint density at radius 1 is 0.517 bits per heavy atom. The van der Waals surface area contributed by atoms with Crippen molar-refractivity contribution in [2.24, 2.45) is 0 Å². The number of rotatable bonds is 23. The molecule has 0 saturated heterocycles. The maximum absolute atomic E-state index is 10.4. The van der Waals surface area contributed by atoms with Gasteiger partial charge in [-0.05, 0) is 18.9 Å². The van der Waals surface area contributed by atoms with Crippen LogP contribution in [0.25, 0.3) is 0 Å². The molecule has 0 aliphatic heterocycles. The fourth-order valence-corrected chi connectivity index (χ4v) is 3.90. The van der Waals surface area contributed by atoms with Crippen molar-refractivity contribution in [2.75, 3.05) is 0 Å². The predicted octanol–water partition coefficient (Wildman–Crippen LogP) is 9.12. The largest absolute Gasteiger partial charge is 0.502 e. The molecule has 0 saturated carbocycles. The average Bonchev–Trinajstić information content (AvgIpc) is 2.71. The summed E-state index contributed by atoms with van der Waals surface area (Å²) in [5.74, 6) is -1.74. The number of aliphatic hydroxyl groups excluding tert-OH is 1. The van der Waals surface area contributed by atoms with Gasteiger partial charge in [-0.1, -0.05) is 135 Å². The Labute approximate surface area is 181 Å². The zero-order chi connectivity index (χ0) is 21.4. The molecular weight excluding hydrogens is 360 g/mol. The molecule has 0 aromatic heterocycles. The van der Waals surface area contributed by atoms with Crippen LogP contribution < -0.4 is 0 Å². The summed E-state index contributed by atoms with van der Waals surface area (Å²) in [5.41, 5.74) is 0. The van der Waals surface area contributed by atoms with Crippen LogP contribution in [-0.4, -0.2) is 16.2 Å². The highest BCUT2D eigenvalue weighted by molar-refractivity contribution is 5.83. The van der Waals surface area contributed by atoms with Crippen molar-refractivity contribution in [2.45, 2.75) is 148 Å². The van der Waals surface area contributed by atoms with Crippen LogP contribution >= 0.6 is 0 Å². The third kappa shape index (κ3) is 23.2. The van der Waals surface area contributed by atoms with E-state index in [0.29, 0.717) is 6.42 Å². The first-order chi connectivity index (χ1) is 14.2. The van der Waals surface area contributed by atoms with E-state index in [2.05, 4.69) is 6.92 Å².